The molecule has 0 aliphatic carbocycles. The minimum atomic E-state index is -0.00653. The molecular weight excluding hydrogens is 286 g/mol. The lowest BCUT2D eigenvalue weighted by atomic mass is 10.1. The molecule has 0 radical (unpaired) electrons. The second kappa shape index (κ2) is 7.38. The second-order valence-electron chi connectivity index (χ2n) is 6.10. The summed E-state index contributed by atoms with van der Waals surface area (Å²) in [4.78, 5) is 18.9. The van der Waals surface area contributed by atoms with Gasteiger partial charge in [0.15, 0.2) is 0 Å². The highest BCUT2D eigenvalue weighted by Crippen LogP contribution is 2.18. The maximum Gasteiger partial charge on any atom is 0.251 e. The number of benzene rings is 1. The summed E-state index contributed by atoms with van der Waals surface area (Å²) in [6.07, 6.45) is 4.37. The van der Waals surface area contributed by atoms with E-state index in [9.17, 15) is 4.79 Å². The maximum atomic E-state index is 12.2. The third kappa shape index (κ3) is 4.17. The molecule has 2 heterocycles. The molecule has 0 unspecified atom stereocenters. The number of carbonyl (C=O) groups excluding carboxylic acids is 1. The van der Waals surface area contributed by atoms with E-state index in [1.54, 1.807) is 0 Å². The van der Waals surface area contributed by atoms with Crippen LogP contribution in [0.25, 0.3) is 11.3 Å². The van der Waals surface area contributed by atoms with Crippen molar-refractivity contribution >= 4 is 5.91 Å². The van der Waals surface area contributed by atoms with Crippen LogP contribution >= 0.6 is 0 Å². The Kier molecular flexibility index (Phi) is 5.03. The standard InChI is InChI=1S/C19H23N3O/c1-15-8-9-20-18(14-15)16-4-6-17(7-5-16)19(23)21-10-13-22-11-2-3-12-22/h4-9,14H,2-3,10-13H2,1H3,(H,21,23). The average Bonchev–Trinajstić information content (AvgIpc) is 3.08. The van der Waals surface area contributed by atoms with Gasteiger partial charge < -0.3 is 10.2 Å². The van der Waals surface area contributed by atoms with Gasteiger partial charge in [-0.2, -0.15) is 0 Å². The minimum absolute atomic E-state index is 0.00653. The van der Waals surface area contributed by atoms with E-state index >= 15 is 0 Å². The molecule has 1 aliphatic rings. The quantitative estimate of drug-likeness (QED) is 0.924. The van der Waals surface area contributed by atoms with Crippen molar-refractivity contribution in [1.82, 2.24) is 15.2 Å². The SMILES string of the molecule is Cc1ccnc(-c2ccc(C(=O)NCCN3CCCC3)cc2)c1. The number of hydrogen-bond donors (Lipinski definition) is 1. The molecule has 1 saturated heterocycles. The zero-order chi connectivity index (χ0) is 16.1. The molecule has 0 saturated carbocycles. The molecule has 1 fully saturated rings. The molecule has 1 N–H and O–H groups in total. The summed E-state index contributed by atoms with van der Waals surface area (Å²) in [6, 6.07) is 11.7. The van der Waals surface area contributed by atoms with Crippen LogP contribution in [0.5, 0.6) is 0 Å². The van der Waals surface area contributed by atoms with Crippen molar-refractivity contribution in [3.8, 4) is 11.3 Å². The number of aryl methyl sites for hydroxylation is 1. The number of hydrogen-bond acceptors (Lipinski definition) is 3. The highest BCUT2D eigenvalue weighted by Gasteiger charge is 2.11. The van der Waals surface area contributed by atoms with Gasteiger partial charge in [0.25, 0.3) is 5.91 Å². The number of pyridine rings is 1. The first-order valence-electron chi connectivity index (χ1n) is 8.26. The van der Waals surface area contributed by atoms with E-state index in [1.807, 2.05) is 49.5 Å². The number of nitrogens with one attached hydrogen (secondary N) is 1. The van der Waals surface area contributed by atoms with Crippen molar-refractivity contribution in [3.05, 3.63) is 53.7 Å². The summed E-state index contributed by atoms with van der Waals surface area (Å²) >= 11 is 0. The lowest BCUT2D eigenvalue weighted by Gasteiger charge is -2.14. The van der Waals surface area contributed by atoms with Gasteiger partial charge in [0.05, 0.1) is 5.69 Å². The molecule has 120 valence electrons. The largest absolute Gasteiger partial charge is 0.351 e. The molecular formula is C19H23N3O. The predicted octanol–water partition coefficient (Wildman–Crippen LogP) is 2.88. The van der Waals surface area contributed by atoms with Crippen LogP contribution in [0.15, 0.2) is 42.6 Å². The highest BCUT2D eigenvalue weighted by atomic mass is 16.1. The fourth-order valence-corrected chi connectivity index (χ4v) is 2.92. The van der Waals surface area contributed by atoms with Crippen molar-refractivity contribution in [2.45, 2.75) is 19.8 Å². The second-order valence-corrected chi connectivity index (χ2v) is 6.10. The Labute approximate surface area is 137 Å². The first-order valence-corrected chi connectivity index (χ1v) is 8.26. The Balaban J connectivity index is 1.56. The molecule has 0 spiro atoms. The first kappa shape index (κ1) is 15.7. The Bertz CT molecular complexity index is 661. The van der Waals surface area contributed by atoms with Gasteiger partial charge in [-0.1, -0.05) is 12.1 Å². The zero-order valence-corrected chi connectivity index (χ0v) is 13.6. The van der Waals surface area contributed by atoms with Crippen molar-refractivity contribution in [3.63, 3.8) is 0 Å². The van der Waals surface area contributed by atoms with E-state index in [2.05, 4.69) is 15.2 Å². The van der Waals surface area contributed by atoms with Gasteiger partial charge in [-0.15, -0.1) is 0 Å². The Morgan fingerprint density at radius 3 is 2.61 bits per heavy atom. The summed E-state index contributed by atoms with van der Waals surface area (Å²) in [5, 5.41) is 3.00. The summed E-state index contributed by atoms with van der Waals surface area (Å²) < 4.78 is 0. The molecule has 1 aromatic carbocycles. The smallest absolute Gasteiger partial charge is 0.251 e. The number of aromatic nitrogens is 1. The molecule has 1 aromatic heterocycles. The summed E-state index contributed by atoms with van der Waals surface area (Å²) in [7, 11) is 0. The lowest BCUT2D eigenvalue weighted by Crippen LogP contribution is -2.33. The van der Waals surface area contributed by atoms with Gasteiger partial charge in [0, 0.05) is 30.4 Å². The minimum Gasteiger partial charge on any atom is -0.351 e. The molecule has 0 atom stereocenters. The van der Waals surface area contributed by atoms with Crippen LogP contribution < -0.4 is 5.32 Å². The van der Waals surface area contributed by atoms with Gasteiger partial charge in [-0.25, -0.2) is 0 Å². The van der Waals surface area contributed by atoms with Crippen LogP contribution in [0.1, 0.15) is 28.8 Å². The number of rotatable bonds is 5. The summed E-state index contributed by atoms with van der Waals surface area (Å²) in [5.41, 5.74) is 3.84. The van der Waals surface area contributed by atoms with Crippen LogP contribution in [0, 0.1) is 6.92 Å². The zero-order valence-electron chi connectivity index (χ0n) is 13.6. The van der Waals surface area contributed by atoms with Crippen LogP contribution in [-0.4, -0.2) is 42.0 Å². The lowest BCUT2D eigenvalue weighted by molar-refractivity contribution is 0.0950. The molecule has 2 aromatic rings. The van der Waals surface area contributed by atoms with Crippen LogP contribution in [0.3, 0.4) is 0 Å². The van der Waals surface area contributed by atoms with Gasteiger partial charge in [0.2, 0.25) is 0 Å². The fraction of sp³-hybridized carbons (Fsp3) is 0.368. The summed E-state index contributed by atoms with van der Waals surface area (Å²) in [5.74, 6) is -0.00653. The van der Waals surface area contributed by atoms with Gasteiger partial charge in [-0.3, -0.25) is 9.78 Å². The molecule has 4 heteroatoms. The third-order valence-electron chi connectivity index (χ3n) is 4.27. The number of carbonyl (C=O) groups is 1. The monoisotopic (exact) mass is 309 g/mol. The van der Waals surface area contributed by atoms with Crippen LogP contribution in [-0.2, 0) is 0 Å². The Morgan fingerprint density at radius 2 is 1.91 bits per heavy atom. The van der Waals surface area contributed by atoms with E-state index in [-0.39, 0.29) is 5.91 Å². The molecule has 1 amide bonds. The van der Waals surface area contributed by atoms with Crippen molar-refractivity contribution in [2.24, 2.45) is 0 Å². The average molecular weight is 309 g/mol. The third-order valence-corrected chi connectivity index (χ3v) is 4.27. The van der Waals surface area contributed by atoms with Crippen molar-refractivity contribution in [1.29, 1.82) is 0 Å². The predicted molar refractivity (Wildman–Crippen MR) is 92.4 cm³/mol. The Morgan fingerprint density at radius 1 is 1.17 bits per heavy atom. The molecule has 1 aliphatic heterocycles. The topological polar surface area (TPSA) is 45.2 Å². The van der Waals surface area contributed by atoms with Crippen LogP contribution in [0.4, 0.5) is 0 Å². The number of amides is 1. The van der Waals surface area contributed by atoms with Crippen molar-refractivity contribution < 1.29 is 4.79 Å². The van der Waals surface area contributed by atoms with Gasteiger partial charge in [0.1, 0.15) is 0 Å². The summed E-state index contributed by atoms with van der Waals surface area (Å²) in [6.45, 7) is 6.02. The van der Waals surface area contributed by atoms with Gasteiger partial charge in [-0.05, 0) is 62.7 Å². The molecule has 23 heavy (non-hydrogen) atoms. The molecule has 0 bridgehead atoms. The van der Waals surface area contributed by atoms with Crippen molar-refractivity contribution in [2.75, 3.05) is 26.2 Å². The van der Waals surface area contributed by atoms with E-state index < -0.39 is 0 Å². The van der Waals surface area contributed by atoms with E-state index in [0.717, 1.165) is 30.9 Å². The highest BCUT2D eigenvalue weighted by molar-refractivity contribution is 5.94. The van der Waals surface area contributed by atoms with E-state index in [0.29, 0.717) is 12.1 Å². The first-order chi connectivity index (χ1) is 11.2. The number of likely N-dealkylation sites (tertiary alicyclic amines) is 1. The molecule has 4 nitrogen and oxygen atoms in total. The Hall–Kier alpha value is -2.20. The van der Waals surface area contributed by atoms with Crippen LogP contribution in [0.2, 0.25) is 0 Å². The fourth-order valence-electron chi connectivity index (χ4n) is 2.92. The van der Waals surface area contributed by atoms with Gasteiger partial charge >= 0.3 is 0 Å². The number of nitrogens with zero attached hydrogens (tertiary/aromatic N) is 2. The van der Waals surface area contributed by atoms with E-state index in [4.69, 9.17) is 0 Å². The molecule has 3 rings (SSSR count). The van der Waals surface area contributed by atoms with E-state index in [1.165, 1.54) is 18.4 Å². The maximum absolute atomic E-state index is 12.2. The normalized spacial score (nSPS) is 14.8.